The minimum Gasteiger partial charge on any atom is -0.507 e. The van der Waals surface area contributed by atoms with E-state index in [9.17, 15) is 9.90 Å². The summed E-state index contributed by atoms with van der Waals surface area (Å²) in [6, 6.07) is 4.79. The Morgan fingerprint density at radius 1 is 1.50 bits per heavy atom. The van der Waals surface area contributed by atoms with Crippen molar-refractivity contribution in [3.63, 3.8) is 0 Å². The summed E-state index contributed by atoms with van der Waals surface area (Å²) in [5.41, 5.74) is 6.46. The van der Waals surface area contributed by atoms with E-state index in [2.05, 4.69) is 5.16 Å². The summed E-state index contributed by atoms with van der Waals surface area (Å²) >= 11 is 0. The molecule has 0 atom stereocenters. The van der Waals surface area contributed by atoms with E-state index in [1.807, 2.05) is 6.92 Å². The van der Waals surface area contributed by atoms with Crippen LogP contribution >= 0.6 is 0 Å². The molecule has 0 aliphatic rings. The summed E-state index contributed by atoms with van der Waals surface area (Å²) in [5.74, 6) is -0.494. The maximum Gasteiger partial charge on any atom is 0.258 e. The molecule has 98 valence electrons. The molecule has 0 bridgehead atoms. The molecule has 0 radical (unpaired) electrons. The second-order valence-corrected chi connectivity index (χ2v) is 3.93. The van der Waals surface area contributed by atoms with Gasteiger partial charge in [-0.15, -0.1) is 0 Å². The van der Waals surface area contributed by atoms with E-state index in [1.54, 1.807) is 19.1 Å². The standard InChI is InChI=1S/C12H17N3O3/c1-3-15(7-11(13)14-18)12(17)9-6-8(2)4-5-10(9)16/h4-6,16,18H,3,7H2,1-2H3,(H2,13,14). The normalized spacial score (nSPS) is 11.3. The quantitative estimate of drug-likeness (QED) is 0.320. The molecule has 18 heavy (non-hydrogen) atoms. The number of rotatable bonds is 4. The first-order valence-corrected chi connectivity index (χ1v) is 5.54. The molecule has 1 rings (SSSR count). The highest BCUT2D eigenvalue weighted by Crippen LogP contribution is 2.19. The van der Waals surface area contributed by atoms with Crippen LogP contribution in [0.15, 0.2) is 23.4 Å². The number of phenols is 1. The highest BCUT2D eigenvalue weighted by molar-refractivity contribution is 5.99. The average molecular weight is 251 g/mol. The number of amidine groups is 1. The van der Waals surface area contributed by atoms with Crippen LogP contribution in [0.2, 0.25) is 0 Å². The molecule has 0 spiro atoms. The minimum absolute atomic E-state index is 0.0131. The fraction of sp³-hybridized carbons (Fsp3) is 0.333. The number of nitrogens with zero attached hydrogens (tertiary/aromatic N) is 2. The Labute approximate surface area is 105 Å². The molecule has 0 aliphatic carbocycles. The van der Waals surface area contributed by atoms with Gasteiger partial charge in [0.25, 0.3) is 5.91 Å². The number of amides is 1. The molecule has 6 heteroatoms. The monoisotopic (exact) mass is 251 g/mol. The van der Waals surface area contributed by atoms with Crippen molar-refractivity contribution in [2.45, 2.75) is 13.8 Å². The van der Waals surface area contributed by atoms with Gasteiger partial charge in [-0.05, 0) is 26.0 Å². The number of phenolic OH excluding ortho intramolecular Hbond substituents is 1. The van der Waals surface area contributed by atoms with Crippen LogP contribution in [0.25, 0.3) is 0 Å². The van der Waals surface area contributed by atoms with Crippen molar-refractivity contribution in [2.75, 3.05) is 13.1 Å². The molecular weight excluding hydrogens is 234 g/mol. The van der Waals surface area contributed by atoms with Crippen LogP contribution in [0, 0.1) is 6.92 Å². The molecule has 0 saturated carbocycles. The van der Waals surface area contributed by atoms with Crippen LogP contribution in [0.5, 0.6) is 5.75 Å². The molecule has 1 aromatic carbocycles. The fourth-order valence-corrected chi connectivity index (χ4v) is 1.55. The van der Waals surface area contributed by atoms with Crippen molar-refractivity contribution in [3.8, 4) is 5.75 Å². The maximum absolute atomic E-state index is 12.2. The number of hydrogen-bond acceptors (Lipinski definition) is 4. The third kappa shape index (κ3) is 3.13. The fourth-order valence-electron chi connectivity index (χ4n) is 1.55. The van der Waals surface area contributed by atoms with E-state index >= 15 is 0 Å². The molecule has 0 saturated heterocycles. The summed E-state index contributed by atoms with van der Waals surface area (Å²) in [6.45, 7) is 4.01. The molecular formula is C12H17N3O3. The molecule has 6 nitrogen and oxygen atoms in total. The average Bonchev–Trinajstić information content (AvgIpc) is 2.37. The van der Waals surface area contributed by atoms with E-state index in [0.717, 1.165) is 5.56 Å². The maximum atomic E-state index is 12.2. The van der Waals surface area contributed by atoms with Crippen LogP contribution in [-0.4, -0.2) is 40.0 Å². The largest absolute Gasteiger partial charge is 0.507 e. The Morgan fingerprint density at radius 3 is 2.72 bits per heavy atom. The third-order valence-electron chi connectivity index (χ3n) is 2.53. The summed E-state index contributed by atoms with van der Waals surface area (Å²) < 4.78 is 0. The lowest BCUT2D eigenvalue weighted by Crippen LogP contribution is -2.38. The third-order valence-corrected chi connectivity index (χ3v) is 2.53. The van der Waals surface area contributed by atoms with E-state index in [1.165, 1.54) is 11.0 Å². The van der Waals surface area contributed by atoms with Gasteiger partial charge in [0.2, 0.25) is 0 Å². The lowest BCUT2D eigenvalue weighted by atomic mass is 10.1. The predicted molar refractivity (Wildman–Crippen MR) is 67.8 cm³/mol. The molecule has 4 N–H and O–H groups in total. The zero-order valence-electron chi connectivity index (χ0n) is 10.4. The Kier molecular flexibility index (Phi) is 4.53. The molecule has 0 fully saturated rings. The van der Waals surface area contributed by atoms with Crippen molar-refractivity contribution in [3.05, 3.63) is 29.3 Å². The van der Waals surface area contributed by atoms with Gasteiger partial charge in [-0.1, -0.05) is 16.8 Å². The van der Waals surface area contributed by atoms with E-state index in [0.29, 0.717) is 6.54 Å². The van der Waals surface area contributed by atoms with E-state index in [4.69, 9.17) is 10.9 Å². The van der Waals surface area contributed by atoms with Gasteiger partial charge in [0.05, 0.1) is 12.1 Å². The Bertz CT molecular complexity index is 472. The van der Waals surface area contributed by atoms with Crippen LogP contribution in [0.4, 0.5) is 0 Å². The number of nitrogens with two attached hydrogens (primary N) is 1. The smallest absolute Gasteiger partial charge is 0.258 e. The highest BCUT2D eigenvalue weighted by Gasteiger charge is 2.18. The van der Waals surface area contributed by atoms with Gasteiger partial charge in [0.15, 0.2) is 5.84 Å². The Balaban J connectivity index is 3.00. The van der Waals surface area contributed by atoms with Crippen molar-refractivity contribution in [1.29, 1.82) is 0 Å². The van der Waals surface area contributed by atoms with Gasteiger partial charge >= 0.3 is 0 Å². The second kappa shape index (κ2) is 5.90. The van der Waals surface area contributed by atoms with E-state index < -0.39 is 0 Å². The number of aromatic hydroxyl groups is 1. The number of benzene rings is 1. The SMILES string of the molecule is CCN(CC(N)=NO)C(=O)c1cc(C)ccc1O. The highest BCUT2D eigenvalue weighted by atomic mass is 16.4. The summed E-state index contributed by atoms with van der Waals surface area (Å²) in [4.78, 5) is 13.6. The second-order valence-electron chi connectivity index (χ2n) is 3.93. The number of hydrogen-bond donors (Lipinski definition) is 3. The van der Waals surface area contributed by atoms with Crippen molar-refractivity contribution >= 4 is 11.7 Å². The Hall–Kier alpha value is -2.24. The minimum atomic E-state index is -0.356. The molecule has 0 aliphatic heterocycles. The van der Waals surface area contributed by atoms with Crippen molar-refractivity contribution in [1.82, 2.24) is 4.90 Å². The molecule has 0 heterocycles. The molecule has 0 aromatic heterocycles. The molecule has 0 unspecified atom stereocenters. The summed E-state index contributed by atoms with van der Waals surface area (Å²) in [7, 11) is 0. The number of carbonyl (C=O) groups excluding carboxylic acids is 1. The number of likely N-dealkylation sites (N-methyl/N-ethyl adjacent to an activating group) is 1. The van der Waals surface area contributed by atoms with Crippen LogP contribution in [-0.2, 0) is 0 Å². The first-order chi connectivity index (χ1) is 8.49. The predicted octanol–water partition coefficient (Wildman–Crippen LogP) is 0.909. The van der Waals surface area contributed by atoms with Crippen LogP contribution < -0.4 is 5.73 Å². The van der Waals surface area contributed by atoms with Gasteiger partial charge in [0.1, 0.15) is 5.75 Å². The number of carbonyl (C=O) groups is 1. The topological polar surface area (TPSA) is 99.1 Å². The lowest BCUT2D eigenvalue weighted by Gasteiger charge is -2.20. The zero-order chi connectivity index (χ0) is 13.7. The molecule has 1 amide bonds. The van der Waals surface area contributed by atoms with Gasteiger partial charge in [-0.3, -0.25) is 4.79 Å². The van der Waals surface area contributed by atoms with Crippen molar-refractivity contribution < 1.29 is 15.1 Å². The summed E-state index contributed by atoms with van der Waals surface area (Å²) in [5, 5.41) is 21.0. The van der Waals surface area contributed by atoms with Gasteiger partial charge < -0.3 is 20.9 Å². The summed E-state index contributed by atoms with van der Waals surface area (Å²) in [6.07, 6.45) is 0. The van der Waals surface area contributed by atoms with Gasteiger partial charge in [-0.25, -0.2) is 0 Å². The molecule has 1 aromatic rings. The van der Waals surface area contributed by atoms with Crippen LogP contribution in [0.3, 0.4) is 0 Å². The lowest BCUT2D eigenvalue weighted by molar-refractivity contribution is 0.0783. The first-order valence-electron chi connectivity index (χ1n) is 5.54. The Morgan fingerprint density at radius 2 is 2.17 bits per heavy atom. The zero-order valence-corrected chi connectivity index (χ0v) is 10.4. The number of oxime groups is 1. The van der Waals surface area contributed by atoms with Crippen LogP contribution in [0.1, 0.15) is 22.8 Å². The van der Waals surface area contributed by atoms with E-state index in [-0.39, 0.29) is 29.6 Å². The van der Waals surface area contributed by atoms with Gasteiger partial charge in [-0.2, -0.15) is 0 Å². The first kappa shape index (κ1) is 13.8. The number of aryl methyl sites for hydroxylation is 1. The van der Waals surface area contributed by atoms with Gasteiger partial charge in [0, 0.05) is 6.54 Å². The van der Waals surface area contributed by atoms with Crippen molar-refractivity contribution in [2.24, 2.45) is 10.9 Å².